The first-order valence-electron chi connectivity index (χ1n) is 7.86. The SMILES string of the molecule is COc1cc(C[NH+]2CCN(c3ccccc3F)CC2)ccc1O. The Kier molecular flexibility index (Phi) is 4.67. The quantitative estimate of drug-likeness (QED) is 0.896. The van der Waals surface area contributed by atoms with E-state index < -0.39 is 0 Å². The van der Waals surface area contributed by atoms with Crippen LogP contribution in [0.4, 0.5) is 10.1 Å². The maximum atomic E-state index is 13.9. The lowest BCUT2D eigenvalue weighted by molar-refractivity contribution is -0.914. The molecule has 0 amide bonds. The topological polar surface area (TPSA) is 37.1 Å². The molecule has 23 heavy (non-hydrogen) atoms. The Bertz CT molecular complexity index is 670. The van der Waals surface area contributed by atoms with Crippen LogP contribution in [0, 0.1) is 5.82 Å². The number of quaternary nitrogens is 1. The van der Waals surface area contributed by atoms with Crippen LogP contribution >= 0.6 is 0 Å². The fourth-order valence-corrected chi connectivity index (χ4v) is 3.07. The zero-order valence-corrected chi connectivity index (χ0v) is 13.3. The number of benzene rings is 2. The highest BCUT2D eigenvalue weighted by atomic mass is 19.1. The Hall–Kier alpha value is -2.27. The van der Waals surface area contributed by atoms with E-state index in [-0.39, 0.29) is 11.6 Å². The normalized spacial score (nSPS) is 15.7. The molecule has 2 aromatic rings. The molecule has 1 saturated heterocycles. The van der Waals surface area contributed by atoms with Gasteiger partial charge in [0.05, 0.1) is 39.0 Å². The minimum Gasteiger partial charge on any atom is -0.504 e. The minimum absolute atomic E-state index is 0.153. The predicted molar refractivity (Wildman–Crippen MR) is 87.7 cm³/mol. The van der Waals surface area contributed by atoms with Gasteiger partial charge < -0.3 is 19.6 Å². The van der Waals surface area contributed by atoms with Crippen molar-refractivity contribution < 1.29 is 19.1 Å². The number of para-hydroxylation sites is 1. The van der Waals surface area contributed by atoms with E-state index in [2.05, 4.69) is 4.90 Å². The summed E-state index contributed by atoms with van der Waals surface area (Å²) in [5.41, 5.74) is 1.83. The highest BCUT2D eigenvalue weighted by Gasteiger charge is 2.22. The maximum Gasteiger partial charge on any atom is 0.160 e. The molecule has 5 heteroatoms. The number of rotatable bonds is 4. The van der Waals surface area contributed by atoms with Gasteiger partial charge in [-0.15, -0.1) is 0 Å². The van der Waals surface area contributed by atoms with Gasteiger partial charge in [-0.3, -0.25) is 0 Å². The molecule has 3 rings (SSSR count). The third-order valence-electron chi connectivity index (χ3n) is 4.36. The molecule has 0 aliphatic carbocycles. The molecule has 0 unspecified atom stereocenters. The number of hydrogen-bond acceptors (Lipinski definition) is 3. The predicted octanol–water partition coefficient (Wildman–Crippen LogP) is 1.44. The second kappa shape index (κ2) is 6.87. The number of piperazine rings is 1. The van der Waals surface area contributed by atoms with E-state index in [1.54, 1.807) is 19.2 Å². The van der Waals surface area contributed by atoms with Crippen LogP contribution in [0.25, 0.3) is 0 Å². The zero-order valence-electron chi connectivity index (χ0n) is 13.3. The fourth-order valence-electron chi connectivity index (χ4n) is 3.07. The molecule has 1 aliphatic rings. The lowest BCUT2D eigenvalue weighted by Crippen LogP contribution is -3.13. The Morgan fingerprint density at radius 1 is 1.17 bits per heavy atom. The first kappa shape index (κ1) is 15.6. The summed E-state index contributed by atoms with van der Waals surface area (Å²) in [6.07, 6.45) is 0. The summed E-state index contributed by atoms with van der Waals surface area (Å²) in [7, 11) is 1.55. The van der Waals surface area contributed by atoms with Crippen LogP contribution in [-0.2, 0) is 6.54 Å². The van der Waals surface area contributed by atoms with Crippen molar-refractivity contribution in [2.24, 2.45) is 0 Å². The van der Waals surface area contributed by atoms with Crippen LogP contribution < -0.4 is 14.5 Å². The van der Waals surface area contributed by atoms with Gasteiger partial charge in [-0.05, 0) is 30.3 Å². The first-order valence-corrected chi connectivity index (χ1v) is 7.86. The summed E-state index contributed by atoms with van der Waals surface area (Å²) in [5, 5.41) is 9.65. The molecule has 0 atom stereocenters. The van der Waals surface area contributed by atoms with E-state index in [1.165, 1.54) is 11.0 Å². The number of phenols is 1. The smallest absolute Gasteiger partial charge is 0.160 e. The Morgan fingerprint density at radius 2 is 1.91 bits per heavy atom. The largest absolute Gasteiger partial charge is 0.504 e. The van der Waals surface area contributed by atoms with Crippen molar-refractivity contribution in [3.63, 3.8) is 0 Å². The number of anilines is 1. The van der Waals surface area contributed by atoms with Gasteiger partial charge >= 0.3 is 0 Å². The molecule has 0 aromatic heterocycles. The number of halogens is 1. The molecule has 1 heterocycles. The second-order valence-electron chi connectivity index (χ2n) is 5.87. The molecular weight excluding hydrogens is 295 g/mol. The lowest BCUT2D eigenvalue weighted by Gasteiger charge is -2.33. The number of aromatic hydroxyl groups is 1. The Labute approximate surface area is 135 Å². The van der Waals surface area contributed by atoms with Gasteiger partial charge in [-0.1, -0.05) is 12.1 Å². The van der Waals surface area contributed by atoms with Crippen molar-refractivity contribution in [3.8, 4) is 11.5 Å². The highest BCUT2D eigenvalue weighted by Crippen LogP contribution is 2.26. The molecule has 2 N–H and O–H groups in total. The van der Waals surface area contributed by atoms with Gasteiger partial charge in [0.25, 0.3) is 0 Å². The Morgan fingerprint density at radius 3 is 2.61 bits per heavy atom. The standard InChI is InChI=1S/C18H21FN2O2/c1-23-18-12-14(6-7-17(18)22)13-20-8-10-21(11-9-20)16-5-3-2-4-15(16)19/h2-7,12,22H,8-11,13H2,1H3/p+1. The number of ether oxygens (including phenoxy) is 1. The van der Waals surface area contributed by atoms with Crippen LogP contribution in [0.1, 0.15) is 5.56 Å². The van der Waals surface area contributed by atoms with E-state index in [1.807, 2.05) is 24.3 Å². The highest BCUT2D eigenvalue weighted by molar-refractivity contribution is 5.47. The zero-order chi connectivity index (χ0) is 16.2. The average molecular weight is 317 g/mol. The second-order valence-corrected chi connectivity index (χ2v) is 5.87. The number of phenolic OH excluding ortho intramolecular Hbond substituents is 1. The number of nitrogens with zero attached hydrogens (tertiary/aromatic N) is 1. The van der Waals surface area contributed by atoms with Crippen LogP contribution in [0.2, 0.25) is 0 Å². The molecule has 0 bridgehead atoms. The maximum absolute atomic E-state index is 13.9. The number of hydrogen-bond donors (Lipinski definition) is 2. The summed E-state index contributed by atoms with van der Waals surface area (Å²) < 4.78 is 19.0. The van der Waals surface area contributed by atoms with Gasteiger partial charge in [0.1, 0.15) is 12.4 Å². The third-order valence-corrected chi connectivity index (χ3v) is 4.36. The number of nitrogens with one attached hydrogen (secondary N) is 1. The van der Waals surface area contributed by atoms with Gasteiger partial charge in [-0.2, -0.15) is 0 Å². The summed E-state index contributed by atoms with van der Waals surface area (Å²) in [4.78, 5) is 3.56. The van der Waals surface area contributed by atoms with Crippen molar-refractivity contribution in [1.82, 2.24) is 0 Å². The summed E-state index contributed by atoms with van der Waals surface area (Å²) >= 11 is 0. The molecule has 2 aromatic carbocycles. The molecule has 122 valence electrons. The van der Waals surface area contributed by atoms with Crippen molar-refractivity contribution >= 4 is 5.69 Å². The van der Waals surface area contributed by atoms with E-state index in [0.29, 0.717) is 11.4 Å². The monoisotopic (exact) mass is 317 g/mol. The van der Waals surface area contributed by atoms with Gasteiger partial charge in [-0.25, -0.2) is 4.39 Å². The van der Waals surface area contributed by atoms with Crippen LogP contribution in [0.5, 0.6) is 11.5 Å². The van der Waals surface area contributed by atoms with Gasteiger partial charge in [0.2, 0.25) is 0 Å². The third kappa shape index (κ3) is 3.56. The molecule has 0 spiro atoms. The molecule has 4 nitrogen and oxygen atoms in total. The van der Waals surface area contributed by atoms with Gasteiger partial charge in [0, 0.05) is 5.56 Å². The molecule has 1 aliphatic heterocycles. The van der Waals surface area contributed by atoms with E-state index >= 15 is 0 Å². The van der Waals surface area contributed by atoms with Crippen LogP contribution in [0.15, 0.2) is 42.5 Å². The molecule has 0 saturated carbocycles. The Balaban J connectivity index is 1.60. The number of methoxy groups -OCH3 is 1. The molecule has 0 radical (unpaired) electrons. The molecule has 1 fully saturated rings. The van der Waals surface area contributed by atoms with E-state index in [9.17, 15) is 9.50 Å². The molecular formula is C18H22FN2O2+. The van der Waals surface area contributed by atoms with E-state index in [4.69, 9.17) is 4.74 Å². The fraction of sp³-hybridized carbons (Fsp3) is 0.333. The average Bonchev–Trinajstić information content (AvgIpc) is 2.58. The lowest BCUT2D eigenvalue weighted by atomic mass is 10.1. The minimum atomic E-state index is -0.153. The summed E-state index contributed by atoms with van der Waals surface area (Å²) in [6, 6.07) is 12.4. The van der Waals surface area contributed by atoms with Crippen molar-refractivity contribution in [3.05, 3.63) is 53.8 Å². The van der Waals surface area contributed by atoms with Crippen LogP contribution in [0.3, 0.4) is 0 Å². The van der Waals surface area contributed by atoms with Crippen molar-refractivity contribution in [2.45, 2.75) is 6.54 Å². The first-order chi connectivity index (χ1) is 11.2. The van der Waals surface area contributed by atoms with E-state index in [0.717, 1.165) is 38.3 Å². The van der Waals surface area contributed by atoms with Gasteiger partial charge in [0.15, 0.2) is 11.5 Å². The van der Waals surface area contributed by atoms with Crippen molar-refractivity contribution in [1.29, 1.82) is 0 Å². The van der Waals surface area contributed by atoms with Crippen LogP contribution in [-0.4, -0.2) is 38.4 Å². The summed E-state index contributed by atoms with van der Waals surface area (Å²) in [6.45, 7) is 4.47. The summed E-state index contributed by atoms with van der Waals surface area (Å²) in [5.74, 6) is 0.515. The van der Waals surface area contributed by atoms with Crippen molar-refractivity contribution in [2.75, 3.05) is 38.2 Å².